The second-order valence-electron chi connectivity index (χ2n) is 4.86. The van der Waals surface area contributed by atoms with Gasteiger partial charge in [0.05, 0.1) is 4.92 Å². The van der Waals surface area contributed by atoms with Gasteiger partial charge in [-0.25, -0.2) is 4.79 Å². The van der Waals surface area contributed by atoms with Gasteiger partial charge in [-0.15, -0.1) is 0 Å². The number of hydrogen-bond acceptors (Lipinski definition) is 4. The Morgan fingerprint density at radius 1 is 1.47 bits per heavy atom. The molecule has 6 nitrogen and oxygen atoms in total. The van der Waals surface area contributed by atoms with E-state index in [1.807, 2.05) is 0 Å². The zero-order valence-corrected chi connectivity index (χ0v) is 11.5. The number of nitro benzene ring substituents is 1. The highest BCUT2D eigenvalue weighted by molar-refractivity contribution is 5.84. The number of carboxylic acid groups (broad SMARTS) is 1. The summed E-state index contributed by atoms with van der Waals surface area (Å²) in [6, 6.07) is 4.79. The maximum atomic E-state index is 11.3. The first kappa shape index (κ1) is 14.9. The van der Waals surface area contributed by atoms with Crippen LogP contribution in [-0.4, -0.2) is 28.1 Å². The van der Waals surface area contributed by atoms with Crippen molar-refractivity contribution in [3.05, 3.63) is 33.9 Å². The average Bonchev–Trinajstić information content (AvgIpc) is 2.31. The minimum Gasteiger partial charge on any atom is -0.480 e. The van der Waals surface area contributed by atoms with Crippen LogP contribution in [0.2, 0.25) is 0 Å². The van der Waals surface area contributed by atoms with Crippen LogP contribution >= 0.6 is 0 Å². The first-order valence-corrected chi connectivity index (χ1v) is 5.98. The second-order valence-corrected chi connectivity index (χ2v) is 4.86. The number of carboxylic acids is 1. The summed E-state index contributed by atoms with van der Waals surface area (Å²) < 4.78 is 0. The van der Waals surface area contributed by atoms with E-state index in [1.165, 1.54) is 24.8 Å². The summed E-state index contributed by atoms with van der Waals surface area (Å²) in [5.74, 6) is -1.02. The lowest BCUT2D eigenvalue weighted by molar-refractivity contribution is -0.384. The Morgan fingerprint density at radius 2 is 2.05 bits per heavy atom. The summed E-state index contributed by atoms with van der Waals surface area (Å²) in [6.07, 6.45) is 0. The molecule has 0 unspecified atom stereocenters. The third kappa shape index (κ3) is 2.83. The number of aliphatic carboxylic acids is 1. The number of hydrogen-bond donors (Lipinski definition) is 1. The zero-order chi connectivity index (χ0) is 14.8. The van der Waals surface area contributed by atoms with Crippen molar-refractivity contribution in [3.8, 4) is 0 Å². The lowest BCUT2D eigenvalue weighted by Crippen LogP contribution is -2.50. The molecule has 0 saturated carbocycles. The molecule has 0 fully saturated rings. The fraction of sp³-hybridized carbons (Fsp3) is 0.462. The standard InChI is InChI=1S/C13H18N2O4/c1-5-14(13(3,4)12(16)17)10-7-6-9(2)8-11(10)15(18)19/h6-8H,5H2,1-4H3,(H,16,17). The summed E-state index contributed by atoms with van der Waals surface area (Å²) in [5.41, 5.74) is -0.198. The molecule has 0 aliphatic heterocycles. The molecule has 1 aromatic carbocycles. The SMILES string of the molecule is CCN(c1ccc(C)cc1[N+](=O)[O-])C(C)(C)C(=O)O. The average molecular weight is 266 g/mol. The van der Waals surface area contributed by atoms with Gasteiger partial charge in [-0.3, -0.25) is 10.1 Å². The van der Waals surface area contributed by atoms with Gasteiger partial charge >= 0.3 is 5.97 Å². The summed E-state index contributed by atoms with van der Waals surface area (Å²) in [5, 5.41) is 20.4. The molecule has 0 radical (unpaired) electrons. The van der Waals surface area contributed by atoms with Gasteiger partial charge < -0.3 is 10.0 Å². The third-order valence-electron chi connectivity index (χ3n) is 3.13. The normalized spacial score (nSPS) is 11.2. The van der Waals surface area contributed by atoms with Crippen molar-refractivity contribution in [2.45, 2.75) is 33.2 Å². The number of anilines is 1. The maximum Gasteiger partial charge on any atom is 0.328 e. The van der Waals surface area contributed by atoms with Gasteiger partial charge in [-0.1, -0.05) is 6.07 Å². The summed E-state index contributed by atoms with van der Waals surface area (Å²) in [4.78, 5) is 23.5. The summed E-state index contributed by atoms with van der Waals surface area (Å²) in [7, 11) is 0. The van der Waals surface area contributed by atoms with E-state index < -0.39 is 16.4 Å². The number of benzene rings is 1. The molecule has 0 aromatic heterocycles. The number of rotatable bonds is 5. The number of likely N-dealkylation sites (N-methyl/N-ethyl adjacent to an activating group) is 1. The number of aryl methyl sites for hydroxylation is 1. The molecule has 0 amide bonds. The Balaban J connectivity index is 3.42. The molecule has 1 aromatic rings. The van der Waals surface area contributed by atoms with Crippen molar-refractivity contribution in [1.29, 1.82) is 0 Å². The van der Waals surface area contributed by atoms with Crippen LogP contribution in [0.5, 0.6) is 0 Å². The largest absolute Gasteiger partial charge is 0.480 e. The predicted octanol–water partition coefficient (Wildman–Crippen LogP) is 2.59. The molecule has 104 valence electrons. The van der Waals surface area contributed by atoms with Gasteiger partial charge in [0, 0.05) is 12.6 Å². The molecule has 0 aliphatic rings. The third-order valence-corrected chi connectivity index (χ3v) is 3.13. The van der Waals surface area contributed by atoms with E-state index in [-0.39, 0.29) is 5.69 Å². The predicted molar refractivity (Wildman–Crippen MR) is 72.6 cm³/mol. The van der Waals surface area contributed by atoms with E-state index >= 15 is 0 Å². The van der Waals surface area contributed by atoms with E-state index in [4.69, 9.17) is 0 Å². The minimum absolute atomic E-state index is 0.0730. The smallest absolute Gasteiger partial charge is 0.328 e. The van der Waals surface area contributed by atoms with Gasteiger partial charge in [-0.05, 0) is 39.3 Å². The molecular formula is C13H18N2O4. The lowest BCUT2D eigenvalue weighted by Gasteiger charge is -2.35. The Morgan fingerprint density at radius 3 is 2.47 bits per heavy atom. The molecule has 0 atom stereocenters. The van der Waals surface area contributed by atoms with Crippen LogP contribution in [-0.2, 0) is 4.79 Å². The van der Waals surface area contributed by atoms with E-state index in [1.54, 1.807) is 26.0 Å². The monoisotopic (exact) mass is 266 g/mol. The van der Waals surface area contributed by atoms with Crippen molar-refractivity contribution >= 4 is 17.3 Å². The molecule has 1 rings (SSSR count). The van der Waals surface area contributed by atoms with Gasteiger partial charge in [0.15, 0.2) is 0 Å². The van der Waals surface area contributed by atoms with Crippen LogP contribution in [0.15, 0.2) is 18.2 Å². The molecule has 0 heterocycles. The van der Waals surface area contributed by atoms with Crippen LogP contribution in [0, 0.1) is 17.0 Å². The van der Waals surface area contributed by atoms with Crippen molar-refractivity contribution in [2.75, 3.05) is 11.4 Å². The Labute approximate surface area is 111 Å². The maximum absolute atomic E-state index is 11.3. The minimum atomic E-state index is -1.21. The van der Waals surface area contributed by atoms with E-state index in [0.717, 1.165) is 5.56 Å². The van der Waals surface area contributed by atoms with Crippen LogP contribution in [0.3, 0.4) is 0 Å². The quantitative estimate of drug-likeness (QED) is 0.654. The Kier molecular flexibility index (Phi) is 4.14. The van der Waals surface area contributed by atoms with Crippen LogP contribution in [0.1, 0.15) is 26.3 Å². The highest BCUT2D eigenvalue weighted by atomic mass is 16.6. The molecule has 6 heteroatoms. The van der Waals surface area contributed by atoms with Crippen LogP contribution in [0.4, 0.5) is 11.4 Å². The van der Waals surface area contributed by atoms with Crippen LogP contribution < -0.4 is 4.90 Å². The highest BCUT2D eigenvalue weighted by Gasteiger charge is 2.36. The first-order chi connectivity index (χ1) is 8.71. The van der Waals surface area contributed by atoms with Gasteiger partial charge in [-0.2, -0.15) is 0 Å². The van der Waals surface area contributed by atoms with Crippen molar-refractivity contribution in [3.63, 3.8) is 0 Å². The molecule has 0 saturated heterocycles. The fourth-order valence-corrected chi connectivity index (χ4v) is 1.99. The highest BCUT2D eigenvalue weighted by Crippen LogP contribution is 2.33. The molecule has 19 heavy (non-hydrogen) atoms. The molecule has 1 N–H and O–H groups in total. The van der Waals surface area contributed by atoms with Crippen LogP contribution in [0.25, 0.3) is 0 Å². The number of carbonyl (C=O) groups is 1. The van der Waals surface area contributed by atoms with E-state index in [2.05, 4.69) is 0 Å². The van der Waals surface area contributed by atoms with Gasteiger partial charge in [0.1, 0.15) is 11.2 Å². The summed E-state index contributed by atoms with van der Waals surface area (Å²) >= 11 is 0. The van der Waals surface area contributed by atoms with Gasteiger partial charge in [0.25, 0.3) is 5.69 Å². The summed E-state index contributed by atoms with van der Waals surface area (Å²) in [6.45, 7) is 6.96. The van der Waals surface area contributed by atoms with Crippen molar-refractivity contribution in [1.82, 2.24) is 0 Å². The zero-order valence-electron chi connectivity index (χ0n) is 11.5. The van der Waals surface area contributed by atoms with E-state index in [9.17, 15) is 20.0 Å². The van der Waals surface area contributed by atoms with Gasteiger partial charge in [0.2, 0.25) is 0 Å². The Hall–Kier alpha value is -2.11. The molecule has 0 spiro atoms. The number of nitrogens with zero attached hydrogens (tertiary/aromatic N) is 2. The second kappa shape index (κ2) is 5.26. The topological polar surface area (TPSA) is 83.7 Å². The Bertz CT molecular complexity index is 511. The number of nitro groups is 1. The van der Waals surface area contributed by atoms with Crippen molar-refractivity contribution in [2.24, 2.45) is 0 Å². The molecule has 0 aliphatic carbocycles. The first-order valence-electron chi connectivity index (χ1n) is 5.98. The van der Waals surface area contributed by atoms with Crippen molar-refractivity contribution < 1.29 is 14.8 Å². The molecular weight excluding hydrogens is 248 g/mol. The molecule has 0 bridgehead atoms. The van der Waals surface area contributed by atoms with E-state index in [0.29, 0.717) is 12.2 Å². The lowest BCUT2D eigenvalue weighted by atomic mass is 10.0. The fourth-order valence-electron chi connectivity index (χ4n) is 1.99.